The van der Waals surface area contributed by atoms with E-state index in [0.29, 0.717) is 19.8 Å². The molecule has 19 heavy (non-hydrogen) atoms. The molecule has 0 aliphatic carbocycles. The highest BCUT2D eigenvalue weighted by Gasteiger charge is 2.34. The molecule has 0 saturated carbocycles. The Balaban J connectivity index is 0.00000180. The maximum absolute atomic E-state index is 13.0. The molecule has 0 aromatic heterocycles. The van der Waals surface area contributed by atoms with Gasteiger partial charge in [0.15, 0.2) is 5.96 Å². The van der Waals surface area contributed by atoms with Gasteiger partial charge in [0.2, 0.25) is 0 Å². The third-order valence-electron chi connectivity index (χ3n) is 3.47. The van der Waals surface area contributed by atoms with Crippen LogP contribution in [-0.4, -0.2) is 25.7 Å². The molecule has 0 spiro atoms. The molecule has 1 saturated heterocycles. The molecule has 2 rings (SSSR count). The molecule has 106 valence electrons. The molecule has 0 bridgehead atoms. The number of aliphatic imine (C=N–C) groups is 1. The number of nitrogens with two attached hydrogens (primary N) is 2. The summed E-state index contributed by atoms with van der Waals surface area (Å²) in [5.41, 5.74) is 11.7. The summed E-state index contributed by atoms with van der Waals surface area (Å²) >= 11 is 0. The lowest BCUT2D eigenvalue weighted by Gasteiger charge is -2.36. The fourth-order valence-electron chi connectivity index (χ4n) is 2.35. The molecule has 1 aliphatic rings. The Morgan fingerprint density at radius 1 is 1.21 bits per heavy atom. The fraction of sp³-hybridized carbons (Fsp3) is 0.462. The van der Waals surface area contributed by atoms with Crippen LogP contribution in [0, 0.1) is 5.82 Å². The number of guanidine groups is 1. The number of ether oxygens (including phenoxy) is 1. The lowest BCUT2D eigenvalue weighted by atomic mass is 9.74. The summed E-state index contributed by atoms with van der Waals surface area (Å²) in [4.78, 5) is 4.14. The first-order chi connectivity index (χ1) is 8.62. The second-order valence-electron chi connectivity index (χ2n) is 4.64. The Morgan fingerprint density at radius 3 is 2.32 bits per heavy atom. The van der Waals surface area contributed by atoms with Crippen molar-refractivity contribution in [1.29, 1.82) is 0 Å². The third kappa shape index (κ3) is 4.04. The van der Waals surface area contributed by atoms with E-state index < -0.39 is 0 Å². The van der Waals surface area contributed by atoms with Crippen LogP contribution in [-0.2, 0) is 10.2 Å². The first-order valence-electron chi connectivity index (χ1n) is 6.02. The van der Waals surface area contributed by atoms with Gasteiger partial charge in [0.1, 0.15) is 5.82 Å². The van der Waals surface area contributed by atoms with E-state index in [9.17, 15) is 4.39 Å². The van der Waals surface area contributed by atoms with Gasteiger partial charge >= 0.3 is 0 Å². The van der Waals surface area contributed by atoms with Gasteiger partial charge in [0, 0.05) is 18.6 Å². The molecule has 1 aromatic carbocycles. The predicted molar refractivity (Wildman–Crippen MR) is 84.2 cm³/mol. The molecule has 1 aliphatic heterocycles. The lowest BCUT2D eigenvalue weighted by molar-refractivity contribution is 0.0531. The van der Waals surface area contributed by atoms with Crippen molar-refractivity contribution in [2.75, 3.05) is 19.8 Å². The van der Waals surface area contributed by atoms with Crippen molar-refractivity contribution in [2.24, 2.45) is 16.5 Å². The van der Waals surface area contributed by atoms with E-state index in [0.717, 1.165) is 18.4 Å². The van der Waals surface area contributed by atoms with Crippen molar-refractivity contribution < 1.29 is 9.13 Å². The van der Waals surface area contributed by atoms with Crippen LogP contribution in [0.2, 0.25) is 0 Å². The Bertz CT molecular complexity index is 426. The second-order valence-corrected chi connectivity index (χ2v) is 4.64. The van der Waals surface area contributed by atoms with Crippen LogP contribution in [0.5, 0.6) is 0 Å². The third-order valence-corrected chi connectivity index (χ3v) is 3.47. The molecule has 0 unspecified atom stereocenters. The monoisotopic (exact) mass is 379 g/mol. The maximum atomic E-state index is 13.0. The van der Waals surface area contributed by atoms with E-state index >= 15 is 0 Å². The van der Waals surface area contributed by atoms with Crippen LogP contribution in [0.4, 0.5) is 4.39 Å². The summed E-state index contributed by atoms with van der Waals surface area (Å²) in [5, 5.41) is 0. The Labute approximate surface area is 129 Å². The van der Waals surface area contributed by atoms with E-state index in [2.05, 4.69) is 4.99 Å². The summed E-state index contributed by atoms with van der Waals surface area (Å²) in [6.45, 7) is 1.87. The van der Waals surface area contributed by atoms with E-state index in [-0.39, 0.29) is 41.2 Å². The molecule has 4 N–H and O–H groups in total. The van der Waals surface area contributed by atoms with Gasteiger partial charge in [0.25, 0.3) is 0 Å². The van der Waals surface area contributed by atoms with Crippen LogP contribution in [0.3, 0.4) is 0 Å². The summed E-state index contributed by atoms with van der Waals surface area (Å²) in [6.07, 6.45) is 1.69. The van der Waals surface area contributed by atoms with Crippen LogP contribution >= 0.6 is 24.0 Å². The highest BCUT2D eigenvalue weighted by atomic mass is 127. The second kappa shape index (κ2) is 7.04. The van der Waals surface area contributed by atoms with Crippen molar-refractivity contribution in [1.82, 2.24) is 0 Å². The Hall–Kier alpha value is -0.890. The molecule has 1 heterocycles. The van der Waals surface area contributed by atoms with Gasteiger partial charge in [0.05, 0.1) is 6.54 Å². The van der Waals surface area contributed by atoms with E-state index in [1.54, 1.807) is 0 Å². The van der Waals surface area contributed by atoms with Crippen LogP contribution < -0.4 is 11.5 Å². The summed E-state index contributed by atoms with van der Waals surface area (Å²) in [6, 6.07) is 6.57. The summed E-state index contributed by atoms with van der Waals surface area (Å²) in [7, 11) is 0. The summed E-state index contributed by atoms with van der Waals surface area (Å²) in [5.74, 6) is -0.147. The Morgan fingerprint density at radius 2 is 1.79 bits per heavy atom. The average Bonchev–Trinajstić information content (AvgIpc) is 2.38. The maximum Gasteiger partial charge on any atom is 0.185 e. The summed E-state index contributed by atoms with van der Waals surface area (Å²) < 4.78 is 18.4. The lowest BCUT2D eigenvalue weighted by Crippen LogP contribution is -2.38. The number of rotatable bonds is 3. The smallest absolute Gasteiger partial charge is 0.185 e. The normalized spacial score (nSPS) is 17.3. The minimum Gasteiger partial charge on any atom is -0.381 e. The first-order valence-corrected chi connectivity index (χ1v) is 6.02. The van der Waals surface area contributed by atoms with E-state index in [1.807, 2.05) is 12.1 Å². The van der Waals surface area contributed by atoms with Gasteiger partial charge in [-0.15, -0.1) is 24.0 Å². The van der Waals surface area contributed by atoms with Crippen molar-refractivity contribution in [3.8, 4) is 0 Å². The number of nitrogens with zero attached hydrogens (tertiary/aromatic N) is 1. The van der Waals surface area contributed by atoms with E-state index in [4.69, 9.17) is 16.2 Å². The zero-order valence-corrected chi connectivity index (χ0v) is 13.0. The number of hydrogen-bond donors (Lipinski definition) is 2. The number of benzene rings is 1. The molecule has 1 aromatic rings. The molecule has 0 atom stereocenters. The standard InChI is InChI=1S/C13H18FN3O.HI/c14-11-3-1-10(2-4-11)13(9-17-12(15)16)5-7-18-8-6-13;/h1-4H,5-9H2,(H4,15,16,17);1H. The van der Waals surface area contributed by atoms with Crippen LogP contribution in [0.25, 0.3) is 0 Å². The van der Waals surface area contributed by atoms with Crippen LogP contribution in [0.1, 0.15) is 18.4 Å². The molecule has 0 radical (unpaired) electrons. The van der Waals surface area contributed by atoms with Crippen molar-refractivity contribution in [3.63, 3.8) is 0 Å². The van der Waals surface area contributed by atoms with Gasteiger partial charge in [-0.2, -0.15) is 0 Å². The minimum absolute atomic E-state index is 0. The van der Waals surface area contributed by atoms with Crippen molar-refractivity contribution in [2.45, 2.75) is 18.3 Å². The van der Waals surface area contributed by atoms with Gasteiger partial charge in [-0.25, -0.2) is 4.39 Å². The van der Waals surface area contributed by atoms with Gasteiger partial charge in [-0.3, -0.25) is 4.99 Å². The zero-order chi connectivity index (χ0) is 13.0. The molecule has 4 nitrogen and oxygen atoms in total. The largest absolute Gasteiger partial charge is 0.381 e. The average molecular weight is 379 g/mol. The number of halogens is 2. The highest BCUT2D eigenvalue weighted by molar-refractivity contribution is 14.0. The van der Waals surface area contributed by atoms with Gasteiger partial charge in [-0.1, -0.05) is 12.1 Å². The van der Waals surface area contributed by atoms with Gasteiger partial charge < -0.3 is 16.2 Å². The van der Waals surface area contributed by atoms with E-state index in [1.165, 1.54) is 12.1 Å². The molecular formula is C13H19FIN3O. The molecule has 6 heteroatoms. The SMILES string of the molecule is I.NC(N)=NCC1(c2ccc(F)cc2)CCOCC1. The van der Waals surface area contributed by atoms with Crippen molar-refractivity contribution >= 4 is 29.9 Å². The first kappa shape index (κ1) is 16.2. The van der Waals surface area contributed by atoms with Crippen LogP contribution in [0.15, 0.2) is 29.3 Å². The fourth-order valence-corrected chi connectivity index (χ4v) is 2.35. The topological polar surface area (TPSA) is 73.6 Å². The van der Waals surface area contributed by atoms with Gasteiger partial charge in [-0.05, 0) is 30.5 Å². The zero-order valence-electron chi connectivity index (χ0n) is 10.6. The quantitative estimate of drug-likeness (QED) is 0.478. The predicted octanol–water partition coefficient (Wildman–Crippen LogP) is 1.77. The molecule has 0 amide bonds. The minimum atomic E-state index is -0.234. The highest BCUT2D eigenvalue weighted by Crippen LogP contribution is 2.35. The molecular weight excluding hydrogens is 360 g/mol. The number of hydrogen-bond acceptors (Lipinski definition) is 2. The molecule has 1 fully saturated rings. The Kier molecular flexibility index (Phi) is 5.99. The van der Waals surface area contributed by atoms with Crippen molar-refractivity contribution in [3.05, 3.63) is 35.6 Å².